The van der Waals surface area contributed by atoms with Crippen molar-refractivity contribution in [3.05, 3.63) is 88.4 Å². The smallest absolute Gasteiger partial charge is 0.259 e. The van der Waals surface area contributed by atoms with Gasteiger partial charge in [0.15, 0.2) is 0 Å². The van der Waals surface area contributed by atoms with Crippen LogP contribution in [0, 0.1) is 0 Å². The molecule has 2 aliphatic rings. The van der Waals surface area contributed by atoms with Crippen LogP contribution in [0.1, 0.15) is 58.4 Å². The molecule has 0 radical (unpaired) electrons. The summed E-state index contributed by atoms with van der Waals surface area (Å²) < 4.78 is 27.4. The zero-order valence-corrected chi connectivity index (χ0v) is 23.4. The molecule has 0 saturated carbocycles. The highest BCUT2D eigenvalue weighted by molar-refractivity contribution is 7.91. The zero-order valence-electron chi connectivity index (χ0n) is 21.8. The number of nitrogens with zero attached hydrogens (tertiary/aromatic N) is 1. The lowest BCUT2D eigenvalue weighted by atomic mass is 10.1. The van der Waals surface area contributed by atoms with E-state index in [2.05, 4.69) is 5.32 Å². The van der Waals surface area contributed by atoms with Crippen molar-refractivity contribution in [3.8, 4) is 0 Å². The molecule has 7 nitrogen and oxygen atoms in total. The number of sulfone groups is 1. The van der Waals surface area contributed by atoms with Crippen molar-refractivity contribution >= 4 is 38.9 Å². The first-order valence-electron chi connectivity index (χ1n) is 13.5. The van der Waals surface area contributed by atoms with E-state index in [9.17, 15) is 18.0 Å². The van der Waals surface area contributed by atoms with E-state index >= 15 is 0 Å². The van der Waals surface area contributed by atoms with E-state index in [0.29, 0.717) is 17.1 Å². The molecule has 3 aromatic rings. The van der Waals surface area contributed by atoms with Crippen LogP contribution < -0.4 is 15.1 Å². The van der Waals surface area contributed by atoms with Crippen LogP contribution in [0.4, 0.5) is 5.69 Å². The molecule has 0 unspecified atom stereocenters. The van der Waals surface area contributed by atoms with Gasteiger partial charge in [-0.25, -0.2) is 8.42 Å². The number of quaternary nitrogens is 1. The predicted octanol–water partition coefficient (Wildman–Crippen LogP) is 3.91. The standard InChI is InChI=1S/C30H32ClN3O4S/c31-24-10-7-9-22(19-24)21-34-26-20-23(29(35)32-15-8-18-33-16-5-1-2-6-17-33)13-14-28(26)39(37,38)27-12-4-3-11-25(27)30(34)36/h3-4,7,9-14,19-20H,1-2,5-6,8,15-18,21H2,(H,32,35)/p+1. The molecule has 9 heteroatoms. The maximum absolute atomic E-state index is 13.8. The molecule has 0 spiro atoms. The average Bonchev–Trinajstić information content (AvgIpc) is 3.24. The average molecular weight is 567 g/mol. The molecule has 0 bridgehead atoms. The van der Waals surface area contributed by atoms with Gasteiger partial charge in [0.05, 0.1) is 47.2 Å². The lowest BCUT2D eigenvalue weighted by molar-refractivity contribution is -0.899. The van der Waals surface area contributed by atoms with Gasteiger partial charge in [0, 0.05) is 23.6 Å². The molecule has 2 N–H and O–H groups in total. The minimum absolute atomic E-state index is 0.0101. The van der Waals surface area contributed by atoms with Crippen LogP contribution in [0.15, 0.2) is 76.5 Å². The number of halogens is 1. The van der Waals surface area contributed by atoms with Crippen molar-refractivity contribution in [1.29, 1.82) is 0 Å². The second-order valence-electron chi connectivity index (χ2n) is 10.2. The highest BCUT2D eigenvalue weighted by Crippen LogP contribution is 2.38. The highest BCUT2D eigenvalue weighted by atomic mass is 35.5. The molecule has 0 aromatic heterocycles. The molecule has 1 saturated heterocycles. The summed E-state index contributed by atoms with van der Waals surface area (Å²) in [6.45, 7) is 4.02. The molecule has 3 aromatic carbocycles. The van der Waals surface area contributed by atoms with Crippen LogP contribution >= 0.6 is 11.6 Å². The fourth-order valence-corrected chi connectivity index (χ4v) is 7.29. The minimum atomic E-state index is -4.01. The van der Waals surface area contributed by atoms with Crippen molar-refractivity contribution < 1.29 is 22.9 Å². The van der Waals surface area contributed by atoms with Crippen LogP contribution in [-0.4, -0.2) is 46.4 Å². The Morgan fingerprint density at radius 2 is 1.69 bits per heavy atom. The number of carbonyl (C=O) groups excluding carboxylic acids is 2. The maximum Gasteiger partial charge on any atom is 0.259 e. The third-order valence-corrected chi connectivity index (χ3v) is 9.58. The van der Waals surface area contributed by atoms with E-state index in [1.165, 1.54) is 74.0 Å². The molecular weight excluding hydrogens is 534 g/mol. The predicted molar refractivity (Wildman–Crippen MR) is 151 cm³/mol. The van der Waals surface area contributed by atoms with Crippen molar-refractivity contribution in [2.45, 2.75) is 48.4 Å². The van der Waals surface area contributed by atoms with Crippen LogP contribution in [0.2, 0.25) is 5.02 Å². The Bertz CT molecular complexity index is 1480. The van der Waals surface area contributed by atoms with E-state index in [0.717, 1.165) is 18.5 Å². The van der Waals surface area contributed by atoms with Crippen LogP contribution in [0.25, 0.3) is 0 Å². The lowest BCUT2D eigenvalue weighted by Crippen LogP contribution is -3.11. The Balaban J connectivity index is 1.42. The fraction of sp³-hybridized carbons (Fsp3) is 0.333. The number of fused-ring (bicyclic) bond motifs is 2. The molecule has 2 aliphatic heterocycles. The molecular formula is C30H33ClN3O4S+. The van der Waals surface area contributed by atoms with E-state index in [1.54, 1.807) is 35.2 Å². The van der Waals surface area contributed by atoms with Gasteiger partial charge in [0.25, 0.3) is 11.8 Å². The van der Waals surface area contributed by atoms with Gasteiger partial charge in [-0.05, 0) is 73.7 Å². The number of likely N-dealkylation sites (tertiary alicyclic amines) is 1. The van der Waals surface area contributed by atoms with Crippen molar-refractivity contribution in [2.75, 3.05) is 31.1 Å². The molecule has 1 fully saturated rings. The summed E-state index contributed by atoms with van der Waals surface area (Å²) in [6, 6.07) is 17.8. The van der Waals surface area contributed by atoms with Gasteiger partial charge >= 0.3 is 0 Å². The number of carbonyl (C=O) groups is 2. The Hall–Kier alpha value is -3.20. The molecule has 2 amide bonds. The summed E-state index contributed by atoms with van der Waals surface area (Å²) in [7, 11) is -4.01. The summed E-state index contributed by atoms with van der Waals surface area (Å²) in [5, 5.41) is 3.49. The van der Waals surface area contributed by atoms with Gasteiger partial charge in [-0.2, -0.15) is 0 Å². The normalized spacial score (nSPS) is 17.1. The van der Waals surface area contributed by atoms with E-state index in [4.69, 9.17) is 11.6 Å². The molecule has 2 heterocycles. The molecule has 0 aliphatic carbocycles. The SMILES string of the molecule is O=C(NCCC[NH+]1CCCCCC1)c1ccc2c(c1)N(Cc1cccc(Cl)c1)C(=O)c1ccccc1S2(=O)=O. The van der Waals surface area contributed by atoms with Gasteiger partial charge in [-0.15, -0.1) is 0 Å². The van der Waals surface area contributed by atoms with Crippen molar-refractivity contribution in [1.82, 2.24) is 5.32 Å². The number of rotatable bonds is 7. The summed E-state index contributed by atoms with van der Waals surface area (Å²) in [5.41, 5.74) is 1.32. The van der Waals surface area contributed by atoms with E-state index in [-0.39, 0.29) is 33.5 Å². The topological polar surface area (TPSA) is 88.0 Å². The largest absolute Gasteiger partial charge is 0.352 e. The Kier molecular flexibility index (Phi) is 8.35. The van der Waals surface area contributed by atoms with Gasteiger partial charge in [-0.1, -0.05) is 35.9 Å². The van der Waals surface area contributed by atoms with Gasteiger partial charge in [-0.3, -0.25) is 9.59 Å². The van der Waals surface area contributed by atoms with Crippen LogP contribution in [-0.2, 0) is 16.4 Å². The number of hydrogen-bond acceptors (Lipinski definition) is 4. The maximum atomic E-state index is 13.8. The second kappa shape index (κ2) is 11.9. The Morgan fingerprint density at radius 1 is 0.923 bits per heavy atom. The van der Waals surface area contributed by atoms with Gasteiger partial charge in [0.2, 0.25) is 9.84 Å². The van der Waals surface area contributed by atoms with E-state index < -0.39 is 15.7 Å². The lowest BCUT2D eigenvalue weighted by Gasteiger charge is -2.23. The first-order valence-corrected chi connectivity index (χ1v) is 15.4. The minimum Gasteiger partial charge on any atom is -0.352 e. The third-order valence-electron chi connectivity index (χ3n) is 7.49. The number of anilines is 1. The zero-order chi connectivity index (χ0) is 27.4. The molecule has 39 heavy (non-hydrogen) atoms. The number of amides is 2. The number of benzene rings is 3. The molecule has 0 atom stereocenters. The quantitative estimate of drug-likeness (QED) is 0.425. The van der Waals surface area contributed by atoms with Crippen molar-refractivity contribution in [2.24, 2.45) is 0 Å². The Morgan fingerprint density at radius 3 is 2.46 bits per heavy atom. The first kappa shape index (κ1) is 27.4. The summed E-state index contributed by atoms with van der Waals surface area (Å²) in [6.07, 6.45) is 5.99. The monoisotopic (exact) mass is 566 g/mol. The summed E-state index contributed by atoms with van der Waals surface area (Å²) >= 11 is 6.19. The fourth-order valence-electron chi connectivity index (χ4n) is 5.44. The molecule has 5 rings (SSSR count). The number of nitrogens with one attached hydrogen (secondary N) is 2. The number of hydrogen-bond donors (Lipinski definition) is 2. The summed E-state index contributed by atoms with van der Waals surface area (Å²) in [4.78, 5) is 29.8. The van der Waals surface area contributed by atoms with Gasteiger partial charge < -0.3 is 15.1 Å². The van der Waals surface area contributed by atoms with Crippen LogP contribution in [0.3, 0.4) is 0 Å². The van der Waals surface area contributed by atoms with Crippen molar-refractivity contribution in [3.63, 3.8) is 0 Å². The van der Waals surface area contributed by atoms with E-state index in [1.807, 2.05) is 6.07 Å². The summed E-state index contributed by atoms with van der Waals surface area (Å²) in [5.74, 6) is -0.746. The van der Waals surface area contributed by atoms with Crippen LogP contribution in [0.5, 0.6) is 0 Å². The molecule has 204 valence electrons. The third kappa shape index (κ3) is 6.03. The van der Waals surface area contributed by atoms with Gasteiger partial charge in [0.1, 0.15) is 0 Å². The second-order valence-corrected chi connectivity index (χ2v) is 12.5. The Labute approximate surface area is 234 Å². The highest BCUT2D eigenvalue weighted by Gasteiger charge is 2.36. The first-order chi connectivity index (χ1) is 18.8.